The van der Waals surface area contributed by atoms with Crippen molar-refractivity contribution in [3.8, 4) is 0 Å². The molecule has 0 radical (unpaired) electrons. The van der Waals surface area contributed by atoms with Gasteiger partial charge in [-0.3, -0.25) is 14.9 Å². The van der Waals surface area contributed by atoms with Crippen molar-refractivity contribution in [1.29, 1.82) is 0 Å². The Bertz CT molecular complexity index is 531. The zero-order valence-corrected chi connectivity index (χ0v) is 12.9. The number of nitrogens with zero attached hydrogens (tertiary/aromatic N) is 3. The molecule has 0 bridgehead atoms. The molecule has 2 unspecified atom stereocenters. The zero-order chi connectivity index (χ0) is 14.9. The Balaban J connectivity index is 2.23. The first-order chi connectivity index (χ1) is 9.43. The monoisotopic (exact) mass is 345 g/mol. The fraction of sp³-hybridized carbons (Fsp3) is 0.583. The fourth-order valence-corrected chi connectivity index (χ4v) is 2.59. The highest BCUT2D eigenvalue weighted by Crippen LogP contribution is 2.20. The first-order valence-electron chi connectivity index (χ1n) is 6.23. The van der Waals surface area contributed by atoms with Gasteiger partial charge in [0, 0.05) is 25.0 Å². The van der Waals surface area contributed by atoms with Gasteiger partial charge in [-0.1, -0.05) is 15.9 Å². The van der Waals surface area contributed by atoms with E-state index >= 15 is 0 Å². The summed E-state index contributed by atoms with van der Waals surface area (Å²) in [6.07, 6.45) is 1.30. The van der Waals surface area contributed by atoms with Crippen molar-refractivity contribution in [2.75, 3.05) is 18.5 Å². The molecule has 7 nitrogen and oxygen atoms in total. The maximum absolute atomic E-state index is 12.5. The minimum Gasteiger partial charge on any atom is -0.373 e. The minimum absolute atomic E-state index is 0.0493. The number of morpholine rings is 1. The Morgan fingerprint density at radius 3 is 2.90 bits per heavy atom. The highest BCUT2D eigenvalue weighted by Gasteiger charge is 2.31. The zero-order valence-electron chi connectivity index (χ0n) is 11.3. The summed E-state index contributed by atoms with van der Waals surface area (Å²) in [5.74, 6) is -0.206. The Hall–Kier alpha value is -1.41. The SMILES string of the molecule is CC1COC(CBr)CN1C(=O)c1cc([N+](=O)[O-])cn1C. The molecule has 0 spiro atoms. The molecule has 2 rings (SSSR count). The second-order valence-corrected chi connectivity index (χ2v) is 5.52. The number of hydrogen-bond acceptors (Lipinski definition) is 4. The predicted molar refractivity (Wildman–Crippen MR) is 76.1 cm³/mol. The lowest BCUT2D eigenvalue weighted by Crippen LogP contribution is -2.51. The molecule has 2 heterocycles. The van der Waals surface area contributed by atoms with E-state index in [1.54, 1.807) is 11.9 Å². The predicted octanol–water partition coefficient (Wildman–Crippen LogP) is 1.56. The van der Waals surface area contributed by atoms with E-state index in [1.807, 2.05) is 6.92 Å². The molecule has 0 N–H and O–H groups in total. The number of hydrogen-bond donors (Lipinski definition) is 0. The van der Waals surface area contributed by atoms with Crippen molar-refractivity contribution < 1.29 is 14.5 Å². The Morgan fingerprint density at radius 2 is 2.35 bits per heavy atom. The summed E-state index contributed by atoms with van der Waals surface area (Å²) >= 11 is 3.34. The molecule has 1 amide bonds. The smallest absolute Gasteiger partial charge is 0.287 e. The Morgan fingerprint density at radius 1 is 1.65 bits per heavy atom. The van der Waals surface area contributed by atoms with E-state index in [9.17, 15) is 14.9 Å². The van der Waals surface area contributed by atoms with Crippen LogP contribution in [0.15, 0.2) is 12.3 Å². The second kappa shape index (κ2) is 5.92. The van der Waals surface area contributed by atoms with Crippen molar-refractivity contribution in [3.05, 3.63) is 28.1 Å². The van der Waals surface area contributed by atoms with Crippen molar-refractivity contribution in [2.24, 2.45) is 7.05 Å². The minimum atomic E-state index is -0.499. The summed E-state index contributed by atoms with van der Waals surface area (Å²) in [5, 5.41) is 11.4. The van der Waals surface area contributed by atoms with Crippen LogP contribution in [0.3, 0.4) is 0 Å². The number of ether oxygens (including phenoxy) is 1. The van der Waals surface area contributed by atoms with Crippen LogP contribution >= 0.6 is 15.9 Å². The van der Waals surface area contributed by atoms with Crippen LogP contribution in [0.2, 0.25) is 0 Å². The number of halogens is 1. The molecule has 20 heavy (non-hydrogen) atoms. The molecule has 1 aromatic rings. The van der Waals surface area contributed by atoms with E-state index in [-0.39, 0.29) is 23.7 Å². The topological polar surface area (TPSA) is 77.6 Å². The van der Waals surface area contributed by atoms with Gasteiger partial charge in [0.15, 0.2) is 0 Å². The largest absolute Gasteiger partial charge is 0.373 e. The van der Waals surface area contributed by atoms with Crippen molar-refractivity contribution >= 4 is 27.5 Å². The normalized spacial score (nSPS) is 22.9. The van der Waals surface area contributed by atoms with E-state index in [2.05, 4.69) is 15.9 Å². The molecule has 0 aliphatic carbocycles. The molecule has 0 aromatic carbocycles. The number of amides is 1. The molecule has 8 heteroatoms. The van der Waals surface area contributed by atoms with E-state index in [4.69, 9.17) is 4.74 Å². The van der Waals surface area contributed by atoms with Crippen LogP contribution in [0.25, 0.3) is 0 Å². The maximum Gasteiger partial charge on any atom is 0.287 e. The van der Waals surface area contributed by atoms with E-state index < -0.39 is 4.92 Å². The third-order valence-electron chi connectivity index (χ3n) is 3.36. The second-order valence-electron chi connectivity index (χ2n) is 4.87. The van der Waals surface area contributed by atoms with Gasteiger partial charge in [0.1, 0.15) is 5.69 Å². The average Bonchev–Trinajstić information content (AvgIpc) is 2.81. The van der Waals surface area contributed by atoms with Gasteiger partial charge < -0.3 is 14.2 Å². The molecule has 1 aliphatic heterocycles. The number of nitro groups is 1. The van der Waals surface area contributed by atoms with E-state index in [0.717, 1.165) is 0 Å². The van der Waals surface area contributed by atoms with Crippen molar-refractivity contribution in [1.82, 2.24) is 9.47 Å². The number of aromatic nitrogens is 1. The average molecular weight is 346 g/mol. The Labute approximate surface area is 124 Å². The van der Waals surface area contributed by atoms with E-state index in [0.29, 0.717) is 24.2 Å². The van der Waals surface area contributed by atoms with Crippen molar-refractivity contribution in [2.45, 2.75) is 19.1 Å². The molecule has 1 aromatic heterocycles. The van der Waals surface area contributed by atoms with Gasteiger partial charge in [0.05, 0.1) is 29.9 Å². The third kappa shape index (κ3) is 2.85. The molecule has 1 fully saturated rings. The highest BCUT2D eigenvalue weighted by molar-refractivity contribution is 9.09. The molecule has 1 saturated heterocycles. The van der Waals surface area contributed by atoms with Gasteiger partial charge in [0.2, 0.25) is 0 Å². The summed E-state index contributed by atoms with van der Waals surface area (Å²) in [6.45, 7) is 2.85. The van der Waals surface area contributed by atoms with Crippen LogP contribution in [0.4, 0.5) is 5.69 Å². The van der Waals surface area contributed by atoms with Gasteiger partial charge >= 0.3 is 0 Å². The number of rotatable bonds is 3. The molecule has 1 aliphatic rings. The molecule has 110 valence electrons. The van der Waals surface area contributed by atoms with Gasteiger partial charge in [-0.05, 0) is 6.92 Å². The maximum atomic E-state index is 12.5. The molecule has 0 saturated carbocycles. The molecular weight excluding hydrogens is 330 g/mol. The third-order valence-corrected chi connectivity index (χ3v) is 4.08. The van der Waals surface area contributed by atoms with Crippen molar-refractivity contribution in [3.63, 3.8) is 0 Å². The van der Waals surface area contributed by atoms with Gasteiger partial charge in [-0.2, -0.15) is 0 Å². The molecular formula is C12H16BrN3O4. The molecule has 2 atom stereocenters. The van der Waals surface area contributed by atoms with Crippen LogP contribution in [0.1, 0.15) is 17.4 Å². The fourth-order valence-electron chi connectivity index (χ4n) is 2.20. The van der Waals surface area contributed by atoms with Crippen LogP contribution in [0.5, 0.6) is 0 Å². The number of carbonyl (C=O) groups excluding carboxylic acids is 1. The summed E-state index contributed by atoms with van der Waals surface area (Å²) in [6, 6.07) is 1.26. The highest BCUT2D eigenvalue weighted by atomic mass is 79.9. The summed E-state index contributed by atoms with van der Waals surface area (Å²) in [5.41, 5.74) is 0.243. The summed E-state index contributed by atoms with van der Waals surface area (Å²) in [4.78, 5) is 24.5. The first-order valence-corrected chi connectivity index (χ1v) is 7.35. The number of alkyl halides is 1. The van der Waals surface area contributed by atoms with Gasteiger partial charge in [-0.15, -0.1) is 0 Å². The lowest BCUT2D eigenvalue weighted by Gasteiger charge is -2.37. The summed E-state index contributed by atoms with van der Waals surface area (Å²) in [7, 11) is 1.63. The first kappa shape index (κ1) is 15.0. The van der Waals surface area contributed by atoms with Crippen LogP contribution in [0, 0.1) is 10.1 Å². The number of carbonyl (C=O) groups is 1. The van der Waals surface area contributed by atoms with Gasteiger partial charge in [-0.25, -0.2) is 0 Å². The van der Waals surface area contributed by atoms with Gasteiger partial charge in [0.25, 0.3) is 11.6 Å². The standard InChI is InChI=1S/C12H16BrN3O4/c1-8-7-20-10(4-13)6-15(8)12(17)11-3-9(16(18)19)5-14(11)2/h3,5,8,10H,4,6-7H2,1-2H3. The van der Waals surface area contributed by atoms with Crippen LogP contribution in [-0.2, 0) is 11.8 Å². The lowest BCUT2D eigenvalue weighted by molar-refractivity contribution is -0.384. The lowest BCUT2D eigenvalue weighted by atomic mass is 10.2. The summed E-state index contributed by atoms with van der Waals surface area (Å²) < 4.78 is 7.07. The van der Waals surface area contributed by atoms with Crippen LogP contribution < -0.4 is 0 Å². The van der Waals surface area contributed by atoms with E-state index in [1.165, 1.54) is 16.8 Å². The van der Waals surface area contributed by atoms with Crippen LogP contribution in [-0.4, -0.2) is 50.9 Å². The number of aryl methyl sites for hydroxylation is 1. The quantitative estimate of drug-likeness (QED) is 0.473. The Kier molecular flexibility index (Phi) is 4.44.